The predicted octanol–water partition coefficient (Wildman–Crippen LogP) is 2.74. The van der Waals surface area contributed by atoms with Gasteiger partial charge in [-0.3, -0.25) is 4.79 Å². The molecule has 0 amide bonds. The zero-order valence-electron chi connectivity index (χ0n) is 13.1. The lowest BCUT2D eigenvalue weighted by Gasteiger charge is -2.00. The topological polar surface area (TPSA) is 78.6 Å². The molecule has 3 aromatic rings. The zero-order chi connectivity index (χ0) is 17.2. The summed E-state index contributed by atoms with van der Waals surface area (Å²) >= 11 is 0. The molecule has 2 heterocycles. The minimum atomic E-state index is -0.594. The molecule has 0 bridgehead atoms. The van der Waals surface area contributed by atoms with E-state index in [-0.39, 0.29) is 24.7 Å². The Kier molecular flexibility index (Phi) is 3.78. The van der Waals surface area contributed by atoms with Gasteiger partial charge in [0.15, 0.2) is 22.9 Å². The molecule has 0 radical (unpaired) electrons. The number of carbonyl (C=O) groups excluding carboxylic acids is 1. The fourth-order valence-electron chi connectivity index (χ4n) is 2.53. The molecule has 0 unspecified atom stereocenters. The number of fused-ring (bicyclic) bond motifs is 2. The third-order valence-electron chi connectivity index (χ3n) is 3.76. The van der Waals surface area contributed by atoms with Crippen LogP contribution < -0.4 is 15.1 Å². The molecule has 0 N–H and O–H groups in total. The fraction of sp³-hybridized carbons (Fsp3) is 0.105. The summed E-state index contributed by atoms with van der Waals surface area (Å²) in [6, 6.07) is 12.3. The average molecular weight is 335 g/mol. The number of allylic oxidation sites excluding steroid dienone is 1. The van der Waals surface area contributed by atoms with Gasteiger partial charge in [-0.1, -0.05) is 24.3 Å². The molecule has 0 saturated carbocycles. The minimum Gasteiger partial charge on any atom is -0.454 e. The average Bonchev–Trinajstić information content (AvgIpc) is 3.08. The molecule has 6 heteroatoms. The first-order valence-electron chi connectivity index (χ1n) is 7.68. The number of hydrogen-bond donors (Lipinski definition) is 0. The van der Waals surface area contributed by atoms with E-state index in [9.17, 15) is 9.59 Å². The molecule has 25 heavy (non-hydrogen) atoms. The van der Waals surface area contributed by atoms with Crippen molar-refractivity contribution in [3.05, 3.63) is 70.2 Å². The Bertz CT molecular complexity index is 1050. The number of rotatable bonds is 4. The Morgan fingerprint density at radius 1 is 1.12 bits per heavy atom. The van der Waals surface area contributed by atoms with E-state index in [0.29, 0.717) is 22.6 Å². The molecule has 4 rings (SSSR count). The van der Waals surface area contributed by atoms with Crippen LogP contribution in [-0.2, 0) is 11.2 Å². The monoisotopic (exact) mass is 335 g/mol. The molecule has 1 aliphatic heterocycles. The number of benzene rings is 2. The zero-order valence-corrected chi connectivity index (χ0v) is 13.1. The first kappa shape index (κ1) is 15.1. The fourth-order valence-corrected chi connectivity index (χ4v) is 2.53. The van der Waals surface area contributed by atoms with Crippen LogP contribution in [0.4, 0.5) is 0 Å². The summed E-state index contributed by atoms with van der Waals surface area (Å²) in [6.45, 7) is 0.199. The highest BCUT2D eigenvalue weighted by atomic mass is 16.7. The molecular weight excluding hydrogens is 322 g/mol. The van der Waals surface area contributed by atoms with Crippen molar-refractivity contribution in [2.45, 2.75) is 6.42 Å². The van der Waals surface area contributed by atoms with E-state index in [4.69, 9.17) is 13.9 Å². The molecule has 0 saturated heterocycles. The van der Waals surface area contributed by atoms with Crippen molar-refractivity contribution in [2.75, 3.05) is 6.79 Å². The van der Waals surface area contributed by atoms with E-state index < -0.39 is 5.63 Å². The van der Waals surface area contributed by atoms with E-state index in [2.05, 4.69) is 4.98 Å². The third-order valence-corrected chi connectivity index (χ3v) is 3.76. The van der Waals surface area contributed by atoms with Crippen molar-refractivity contribution in [3.8, 4) is 11.5 Å². The van der Waals surface area contributed by atoms with Gasteiger partial charge >= 0.3 is 5.63 Å². The number of nitrogens with zero attached hydrogens (tertiary/aromatic N) is 1. The summed E-state index contributed by atoms with van der Waals surface area (Å²) in [5.74, 6) is 1.08. The standard InChI is InChI=1S/C19H13NO5/c21-13(7-5-12-6-8-17-18(9-12)24-11-23-17)10-15-19(22)25-16-4-2-1-3-14(16)20-15/h1-9H,10-11H2/b7-5+. The highest BCUT2D eigenvalue weighted by Crippen LogP contribution is 2.32. The molecule has 0 fully saturated rings. The maximum absolute atomic E-state index is 12.1. The summed E-state index contributed by atoms with van der Waals surface area (Å²) in [5, 5.41) is 0. The Morgan fingerprint density at radius 2 is 1.96 bits per heavy atom. The van der Waals surface area contributed by atoms with Gasteiger partial charge in [-0.2, -0.15) is 0 Å². The lowest BCUT2D eigenvalue weighted by atomic mass is 10.1. The number of para-hydroxylation sites is 2. The van der Waals surface area contributed by atoms with Gasteiger partial charge in [0.2, 0.25) is 6.79 Å². The summed E-state index contributed by atoms with van der Waals surface area (Å²) < 4.78 is 15.7. The molecular formula is C19H13NO5. The van der Waals surface area contributed by atoms with Crippen LogP contribution in [-0.4, -0.2) is 17.6 Å². The van der Waals surface area contributed by atoms with Crippen LogP contribution in [0.3, 0.4) is 0 Å². The second-order valence-electron chi connectivity index (χ2n) is 5.50. The highest BCUT2D eigenvalue weighted by Gasteiger charge is 2.13. The first-order chi connectivity index (χ1) is 12.2. The quantitative estimate of drug-likeness (QED) is 0.682. The molecule has 0 atom stereocenters. The Labute approximate surface area is 142 Å². The Morgan fingerprint density at radius 3 is 2.88 bits per heavy atom. The van der Waals surface area contributed by atoms with Gasteiger partial charge < -0.3 is 13.9 Å². The molecule has 1 aromatic heterocycles. The maximum Gasteiger partial charge on any atom is 0.358 e. The van der Waals surface area contributed by atoms with Crippen LogP contribution in [0.1, 0.15) is 11.3 Å². The van der Waals surface area contributed by atoms with Crippen LogP contribution >= 0.6 is 0 Å². The van der Waals surface area contributed by atoms with Crippen molar-refractivity contribution < 1.29 is 18.7 Å². The Hall–Kier alpha value is -3.41. The minimum absolute atomic E-state index is 0.0963. The van der Waals surface area contributed by atoms with Gasteiger partial charge in [0, 0.05) is 0 Å². The van der Waals surface area contributed by atoms with Crippen molar-refractivity contribution in [3.63, 3.8) is 0 Å². The number of aromatic nitrogens is 1. The second kappa shape index (κ2) is 6.24. The number of carbonyl (C=O) groups is 1. The van der Waals surface area contributed by atoms with Crippen molar-refractivity contribution in [1.82, 2.24) is 4.98 Å². The molecule has 0 aliphatic carbocycles. The van der Waals surface area contributed by atoms with E-state index in [1.54, 1.807) is 42.5 Å². The first-order valence-corrected chi connectivity index (χ1v) is 7.68. The van der Waals surface area contributed by atoms with Gasteiger partial charge in [0.05, 0.1) is 6.42 Å². The Balaban J connectivity index is 1.52. The van der Waals surface area contributed by atoms with Gasteiger partial charge in [-0.25, -0.2) is 9.78 Å². The van der Waals surface area contributed by atoms with E-state index in [1.165, 1.54) is 6.08 Å². The third kappa shape index (κ3) is 3.14. The highest BCUT2D eigenvalue weighted by molar-refractivity contribution is 5.95. The van der Waals surface area contributed by atoms with E-state index in [1.807, 2.05) is 6.07 Å². The van der Waals surface area contributed by atoms with Gasteiger partial charge in [0.1, 0.15) is 11.2 Å². The normalized spacial score (nSPS) is 12.8. The molecule has 1 aliphatic rings. The number of ketones is 1. The molecule has 0 spiro atoms. The van der Waals surface area contributed by atoms with Gasteiger partial charge in [0.25, 0.3) is 0 Å². The largest absolute Gasteiger partial charge is 0.454 e. The van der Waals surface area contributed by atoms with Crippen molar-refractivity contribution >= 4 is 23.0 Å². The lowest BCUT2D eigenvalue weighted by molar-refractivity contribution is -0.114. The molecule has 6 nitrogen and oxygen atoms in total. The second-order valence-corrected chi connectivity index (χ2v) is 5.50. The summed E-state index contributed by atoms with van der Waals surface area (Å²) in [6.07, 6.45) is 2.95. The van der Waals surface area contributed by atoms with Crippen LogP contribution in [0.25, 0.3) is 17.2 Å². The molecule has 2 aromatic carbocycles. The SMILES string of the molecule is O=C(/C=C/c1ccc2c(c1)OCO2)Cc1nc2ccccc2oc1=O. The van der Waals surface area contributed by atoms with Crippen molar-refractivity contribution in [2.24, 2.45) is 0 Å². The summed E-state index contributed by atoms with van der Waals surface area (Å²) in [7, 11) is 0. The smallest absolute Gasteiger partial charge is 0.358 e. The molecule has 124 valence electrons. The van der Waals surface area contributed by atoms with Crippen LogP contribution in [0.15, 0.2) is 57.8 Å². The van der Waals surface area contributed by atoms with Crippen LogP contribution in [0, 0.1) is 0 Å². The van der Waals surface area contributed by atoms with E-state index >= 15 is 0 Å². The van der Waals surface area contributed by atoms with E-state index in [0.717, 1.165) is 5.56 Å². The summed E-state index contributed by atoms with van der Waals surface area (Å²) in [5.41, 5.74) is 1.25. The maximum atomic E-state index is 12.1. The van der Waals surface area contributed by atoms with Gasteiger partial charge in [-0.15, -0.1) is 0 Å². The predicted molar refractivity (Wildman–Crippen MR) is 90.6 cm³/mol. The number of hydrogen-bond acceptors (Lipinski definition) is 6. The van der Waals surface area contributed by atoms with Crippen LogP contribution in [0.5, 0.6) is 11.5 Å². The van der Waals surface area contributed by atoms with Crippen molar-refractivity contribution in [1.29, 1.82) is 0 Å². The van der Waals surface area contributed by atoms with Crippen LogP contribution in [0.2, 0.25) is 0 Å². The number of ether oxygens (including phenoxy) is 2. The van der Waals surface area contributed by atoms with Gasteiger partial charge in [-0.05, 0) is 35.9 Å². The lowest BCUT2D eigenvalue weighted by Crippen LogP contribution is -2.14. The summed E-state index contributed by atoms with van der Waals surface area (Å²) in [4.78, 5) is 28.3.